The van der Waals surface area contributed by atoms with Crippen molar-refractivity contribution >= 4 is 33.0 Å². The molecule has 0 bridgehead atoms. The molecule has 0 fully saturated rings. The largest absolute Gasteiger partial charge is 0.364 e. The van der Waals surface area contributed by atoms with Crippen LogP contribution in [0.1, 0.15) is 27.0 Å². The van der Waals surface area contributed by atoms with E-state index in [0.29, 0.717) is 17.8 Å². The SMILES string of the molecule is O=C(NCCc1cccs1)c1ccc([C@@H]2Nc3ccccc3S(=O)(=O)N2)cc1. The van der Waals surface area contributed by atoms with Crippen molar-refractivity contribution in [3.63, 3.8) is 0 Å². The van der Waals surface area contributed by atoms with Crippen LogP contribution in [0.15, 0.2) is 70.9 Å². The number of nitrogens with one attached hydrogen (secondary N) is 3. The number of thiophene rings is 1. The van der Waals surface area contributed by atoms with Gasteiger partial charge in [-0.15, -0.1) is 11.3 Å². The smallest absolute Gasteiger partial charge is 0.251 e. The number of fused-ring (bicyclic) bond motifs is 1. The lowest BCUT2D eigenvalue weighted by Crippen LogP contribution is -2.38. The van der Waals surface area contributed by atoms with E-state index in [1.165, 1.54) is 4.88 Å². The second kappa shape index (κ2) is 7.75. The molecule has 3 aromatic rings. The summed E-state index contributed by atoms with van der Waals surface area (Å²) >= 11 is 1.67. The van der Waals surface area contributed by atoms with Gasteiger partial charge in [0, 0.05) is 17.0 Å². The summed E-state index contributed by atoms with van der Waals surface area (Å²) in [6.45, 7) is 0.571. The zero-order chi connectivity index (χ0) is 19.6. The first-order valence-corrected chi connectivity index (χ1v) is 11.2. The molecule has 0 unspecified atom stereocenters. The maximum Gasteiger partial charge on any atom is 0.251 e. The topological polar surface area (TPSA) is 87.3 Å². The van der Waals surface area contributed by atoms with Gasteiger partial charge >= 0.3 is 0 Å². The molecule has 2 heterocycles. The molecule has 8 heteroatoms. The Labute approximate surface area is 167 Å². The van der Waals surface area contributed by atoms with Gasteiger partial charge in [0.2, 0.25) is 10.0 Å². The van der Waals surface area contributed by atoms with E-state index in [-0.39, 0.29) is 10.8 Å². The van der Waals surface area contributed by atoms with Gasteiger partial charge in [-0.25, -0.2) is 8.42 Å². The molecule has 3 N–H and O–H groups in total. The van der Waals surface area contributed by atoms with E-state index < -0.39 is 16.2 Å². The Morgan fingerprint density at radius 1 is 1.04 bits per heavy atom. The number of anilines is 1. The number of para-hydroxylation sites is 1. The third-order valence-corrected chi connectivity index (χ3v) is 6.91. The summed E-state index contributed by atoms with van der Waals surface area (Å²) in [5, 5.41) is 8.10. The van der Waals surface area contributed by atoms with Crippen LogP contribution in [0.2, 0.25) is 0 Å². The van der Waals surface area contributed by atoms with Crippen LogP contribution in [-0.4, -0.2) is 20.9 Å². The summed E-state index contributed by atoms with van der Waals surface area (Å²) in [5.41, 5.74) is 1.82. The zero-order valence-corrected chi connectivity index (χ0v) is 16.5. The van der Waals surface area contributed by atoms with E-state index in [4.69, 9.17) is 0 Å². The Balaban J connectivity index is 1.43. The van der Waals surface area contributed by atoms with Gasteiger partial charge in [-0.2, -0.15) is 4.72 Å². The number of rotatable bonds is 5. The van der Waals surface area contributed by atoms with Gasteiger partial charge in [-0.1, -0.05) is 30.3 Å². The molecule has 144 valence electrons. The average molecular weight is 414 g/mol. The van der Waals surface area contributed by atoms with Crippen molar-refractivity contribution in [1.29, 1.82) is 0 Å². The number of benzene rings is 2. The van der Waals surface area contributed by atoms with Crippen molar-refractivity contribution in [3.8, 4) is 0 Å². The van der Waals surface area contributed by atoms with Crippen LogP contribution in [0, 0.1) is 0 Å². The van der Waals surface area contributed by atoms with E-state index in [1.54, 1.807) is 59.9 Å². The number of carbonyl (C=O) groups is 1. The van der Waals surface area contributed by atoms with E-state index in [2.05, 4.69) is 15.4 Å². The van der Waals surface area contributed by atoms with Crippen LogP contribution >= 0.6 is 11.3 Å². The summed E-state index contributed by atoms with van der Waals surface area (Å²) in [4.78, 5) is 13.8. The Morgan fingerprint density at radius 2 is 1.82 bits per heavy atom. The molecule has 6 nitrogen and oxygen atoms in total. The quantitative estimate of drug-likeness (QED) is 0.600. The molecule has 1 aliphatic rings. The second-order valence-corrected chi connectivity index (χ2v) is 9.12. The minimum absolute atomic E-state index is 0.148. The average Bonchev–Trinajstić information content (AvgIpc) is 3.21. The third-order valence-electron chi connectivity index (χ3n) is 4.49. The van der Waals surface area contributed by atoms with Crippen LogP contribution in [0.5, 0.6) is 0 Å². The van der Waals surface area contributed by atoms with Crippen molar-refractivity contribution in [2.24, 2.45) is 0 Å². The summed E-state index contributed by atoms with van der Waals surface area (Å²) in [6, 6.07) is 17.7. The highest BCUT2D eigenvalue weighted by molar-refractivity contribution is 7.89. The zero-order valence-electron chi connectivity index (χ0n) is 14.9. The summed E-state index contributed by atoms with van der Waals surface area (Å²) in [7, 11) is -3.59. The van der Waals surface area contributed by atoms with Crippen LogP contribution in [0.25, 0.3) is 0 Å². The van der Waals surface area contributed by atoms with E-state index in [9.17, 15) is 13.2 Å². The molecular formula is C20H19N3O3S2. The first kappa shape index (κ1) is 18.7. The van der Waals surface area contributed by atoms with Crippen molar-refractivity contribution in [2.75, 3.05) is 11.9 Å². The molecule has 4 rings (SSSR count). The third kappa shape index (κ3) is 3.94. The highest BCUT2D eigenvalue weighted by Gasteiger charge is 2.29. The Bertz CT molecular complexity index is 1080. The Kier molecular flexibility index (Phi) is 5.17. The van der Waals surface area contributed by atoms with Crippen LogP contribution in [0.4, 0.5) is 5.69 Å². The fraction of sp³-hybridized carbons (Fsp3) is 0.150. The fourth-order valence-electron chi connectivity index (χ4n) is 3.06. The van der Waals surface area contributed by atoms with Crippen LogP contribution in [0.3, 0.4) is 0 Å². The predicted molar refractivity (Wildman–Crippen MR) is 110 cm³/mol. The molecule has 0 saturated heterocycles. The maximum absolute atomic E-state index is 12.4. The van der Waals surface area contributed by atoms with Gasteiger partial charge in [0.05, 0.1) is 5.69 Å². The number of hydrogen-bond acceptors (Lipinski definition) is 5. The minimum Gasteiger partial charge on any atom is -0.364 e. The molecule has 0 aliphatic carbocycles. The van der Waals surface area contributed by atoms with E-state index in [1.807, 2.05) is 17.5 Å². The lowest BCUT2D eigenvalue weighted by atomic mass is 10.1. The molecule has 0 saturated carbocycles. The normalized spacial score (nSPS) is 17.4. The lowest BCUT2D eigenvalue weighted by Gasteiger charge is -2.28. The van der Waals surface area contributed by atoms with Gasteiger partial charge < -0.3 is 10.6 Å². The van der Waals surface area contributed by atoms with Crippen molar-refractivity contribution in [2.45, 2.75) is 17.5 Å². The number of hydrogen-bond donors (Lipinski definition) is 3. The highest BCUT2D eigenvalue weighted by atomic mass is 32.2. The van der Waals surface area contributed by atoms with Crippen molar-refractivity contribution < 1.29 is 13.2 Å². The molecule has 0 radical (unpaired) electrons. The number of sulfonamides is 1. The lowest BCUT2D eigenvalue weighted by molar-refractivity contribution is 0.0954. The molecule has 0 spiro atoms. The molecule has 1 aromatic heterocycles. The fourth-order valence-corrected chi connectivity index (χ4v) is 5.07. The monoisotopic (exact) mass is 413 g/mol. The number of carbonyl (C=O) groups excluding carboxylic acids is 1. The predicted octanol–water partition coefficient (Wildman–Crippen LogP) is 3.12. The van der Waals surface area contributed by atoms with Crippen LogP contribution < -0.4 is 15.4 Å². The molecule has 1 aliphatic heterocycles. The van der Waals surface area contributed by atoms with Gasteiger partial charge in [-0.3, -0.25) is 4.79 Å². The highest BCUT2D eigenvalue weighted by Crippen LogP contribution is 2.30. The van der Waals surface area contributed by atoms with Gasteiger partial charge in [0.15, 0.2) is 0 Å². The molecule has 1 amide bonds. The van der Waals surface area contributed by atoms with Crippen molar-refractivity contribution in [1.82, 2.24) is 10.0 Å². The molecule has 1 atom stereocenters. The first-order chi connectivity index (χ1) is 13.5. The van der Waals surface area contributed by atoms with E-state index >= 15 is 0 Å². The second-order valence-electron chi connectivity index (χ2n) is 6.40. The standard InChI is InChI=1S/C20H19N3O3S2/c24-20(21-12-11-16-4-3-13-27-16)15-9-7-14(8-10-15)19-22-17-5-1-2-6-18(17)28(25,26)23-19/h1-10,13,19,22-23H,11-12H2,(H,21,24)/t19-/m1/s1. The summed E-state index contributed by atoms with van der Waals surface area (Å²) in [6.07, 6.45) is 0.213. The molecule has 28 heavy (non-hydrogen) atoms. The van der Waals surface area contributed by atoms with Crippen LogP contribution in [-0.2, 0) is 16.4 Å². The van der Waals surface area contributed by atoms with E-state index in [0.717, 1.165) is 12.0 Å². The molecule has 2 aromatic carbocycles. The number of amides is 1. The Hall–Kier alpha value is -2.68. The van der Waals surface area contributed by atoms with Gasteiger partial charge in [0.25, 0.3) is 5.91 Å². The maximum atomic E-state index is 12.4. The van der Waals surface area contributed by atoms with Gasteiger partial charge in [0.1, 0.15) is 11.1 Å². The van der Waals surface area contributed by atoms with Crippen molar-refractivity contribution in [3.05, 3.63) is 82.0 Å². The first-order valence-electron chi connectivity index (χ1n) is 8.81. The summed E-state index contributed by atoms with van der Waals surface area (Å²) in [5.74, 6) is -0.148. The minimum atomic E-state index is -3.59. The van der Waals surface area contributed by atoms with Gasteiger partial charge in [-0.05, 0) is 47.7 Å². The molecular weight excluding hydrogens is 394 g/mol. The summed E-state index contributed by atoms with van der Waals surface area (Å²) < 4.78 is 27.5. The Morgan fingerprint density at radius 3 is 2.57 bits per heavy atom.